The Labute approximate surface area is 360 Å². The molecule has 2 aliphatic rings. The van der Waals surface area contributed by atoms with E-state index in [1.165, 1.54) is 56.4 Å². The van der Waals surface area contributed by atoms with Crippen LogP contribution in [0.1, 0.15) is 0 Å². The maximum atomic E-state index is 10.2. The Hall–Kier alpha value is -5.78. The maximum Gasteiger partial charge on any atom is 2.00 e. The van der Waals surface area contributed by atoms with Gasteiger partial charge in [-0.3, -0.25) is 0 Å². The molecule has 2 aliphatic heterocycles. The number of carbonyl (C=O) groups excluding carboxylic acids is 2. The van der Waals surface area contributed by atoms with Gasteiger partial charge >= 0.3 is 19.5 Å². The Balaban J connectivity index is 0.000000181. The van der Waals surface area contributed by atoms with Gasteiger partial charge in [0.05, 0.1) is 11.9 Å². The van der Waals surface area contributed by atoms with Gasteiger partial charge in [0.1, 0.15) is 0 Å². The van der Waals surface area contributed by atoms with Crippen molar-refractivity contribution in [3.63, 3.8) is 0 Å². The van der Waals surface area contributed by atoms with Gasteiger partial charge in [0.15, 0.2) is 11.4 Å². The fourth-order valence-corrected chi connectivity index (χ4v) is 10.2. The molecule has 2 unspecified atom stereocenters. The number of allylic oxidation sites excluding steroid dienone is 4. The fourth-order valence-electron chi connectivity index (χ4n) is 5.56. The van der Waals surface area contributed by atoms with Gasteiger partial charge in [-0.05, 0) is 84.4 Å². The third-order valence-corrected chi connectivity index (χ3v) is 13.3. The standard InChI is InChI=1S/2C18H15P.2C6H7NO3.Ru/c2*1-4-10-16(11-5-1)19(17-12-6-2-7-13-17)18-14-8-3-9-15-18;2*8-5(9)6(10)3-1-2-4-7-6;/h2*1-15H;2*1-4,7,10H,(H,8,9);/q;;;;+2/p-2. The molecule has 0 saturated heterocycles. The van der Waals surface area contributed by atoms with Crippen molar-refractivity contribution in [3.05, 3.63) is 231 Å². The van der Waals surface area contributed by atoms with Crippen LogP contribution in [0, 0.1) is 0 Å². The normalized spacial score (nSPS) is 16.9. The monoisotopic (exact) mass is 906 g/mol. The molecular weight excluding hydrogens is 864 g/mol. The van der Waals surface area contributed by atoms with Crippen molar-refractivity contribution in [1.82, 2.24) is 10.6 Å². The Kier molecular flexibility index (Phi) is 18.4. The molecule has 0 saturated carbocycles. The second kappa shape index (κ2) is 23.6. The van der Waals surface area contributed by atoms with Gasteiger partial charge in [0, 0.05) is 0 Å². The summed E-state index contributed by atoms with van der Waals surface area (Å²) in [5, 5.41) is 51.2. The van der Waals surface area contributed by atoms with Crippen LogP contribution < -0.4 is 52.7 Å². The first-order valence-electron chi connectivity index (χ1n) is 18.2. The van der Waals surface area contributed by atoms with E-state index in [0.717, 1.165) is 12.2 Å². The first-order valence-corrected chi connectivity index (χ1v) is 20.9. The quantitative estimate of drug-likeness (QED) is 0.135. The molecule has 0 aromatic heterocycles. The number of benzene rings is 6. The van der Waals surface area contributed by atoms with Gasteiger partial charge in [-0.2, -0.15) is 0 Å². The molecule has 0 radical (unpaired) electrons. The van der Waals surface area contributed by atoms with E-state index in [2.05, 4.69) is 193 Å². The molecule has 59 heavy (non-hydrogen) atoms. The van der Waals surface area contributed by atoms with Crippen LogP contribution in [0.15, 0.2) is 231 Å². The number of rotatable bonds is 8. The molecule has 11 heteroatoms. The van der Waals surface area contributed by atoms with Gasteiger partial charge in [-0.25, -0.2) is 0 Å². The topological polar surface area (TPSA) is 145 Å². The molecule has 0 bridgehead atoms. The van der Waals surface area contributed by atoms with E-state index in [4.69, 9.17) is 10.2 Å². The largest absolute Gasteiger partial charge is 2.00 e. The predicted molar refractivity (Wildman–Crippen MR) is 233 cm³/mol. The summed E-state index contributed by atoms with van der Waals surface area (Å²) in [4.78, 5) is 20.3. The number of nitrogens with one attached hydrogen (secondary N) is 2. The zero-order valence-corrected chi connectivity index (χ0v) is 35.2. The van der Waals surface area contributed by atoms with Gasteiger partial charge in [0.2, 0.25) is 0 Å². The average Bonchev–Trinajstić information content (AvgIpc) is 3.27. The van der Waals surface area contributed by atoms with E-state index in [1.54, 1.807) is 12.2 Å². The second-order valence-electron chi connectivity index (χ2n) is 12.5. The van der Waals surface area contributed by atoms with Gasteiger partial charge in [-0.15, -0.1) is 0 Å². The first-order chi connectivity index (χ1) is 28.2. The van der Waals surface area contributed by atoms with Crippen LogP contribution in [0.5, 0.6) is 0 Å². The van der Waals surface area contributed by atoms with Crippen LogP contribution in [0.3, 0.4) is 0 Å². The van der Waals surface area contributed by atoms with Gasteiger partial charge in [0.25, 0.3) is 0 Å². The minimum Gasteiger partial charge on any atom is -0.545 e. The summed E-state index contributed by atoms with van der Waals surface area (Å²) in [6.45, 7) is 0. The number of carboxylic acid groups (broad SMARTS) is 2. The van der Waals surface area contributed by atoms with Crippen LogP contribution in [0.2, 0.25) is 0 Å². The van der Waals surface area contributed by atoms with Crippen LogP contribution in [-0.4, -0.2) is 33.6 Å². The predicted octanol–water partition coefficient (Wildman–Crippen LogP) is 3.08. The van der Waals surface area contributed by atoms with Crippen LogP contribution in [0.4, 0.5) is 0 Å². The Morgan fingerprint density at radius 2 is 0.593 bits per heavy atom. The molecule has 0 spiro atoms. The molecule has 4 N–H and O–H groups in total. The molecule has 0 fully saturated rings. The Morgan fingerprint density at radius 1 is 0.390 bits per heavy atom. The van der Waals surface area contributed by atoms with Crippen molar-refractivity contribution in [1.29, 1.82) is 0 Å². The van der Waals surface area contributed by atoms with Crippen LogP contribution in [0.25, 0.3) is 0 Å². The summed E-state index contributed by atoms with van der Waals surface area (Å²) in [6, 6.07) is 64.7. The van der Waals surface area contributed by atoms with E-state index >= 15 is 0 Å². The molecule has 8 rings (SSSR count). The smallest absolute Gasteiger partial charge is 0.545 e. The SMILES string of the molecule is O=C([O-])C1(O)C=CC=CN1.O=C([O-])C1(O)C=CC=CN1.[Ru+2].c1ccc(P(c2ccccc2)c2ccccc2)cc1.c1ccc(P(c2ccccc2)c2ccccc2)cc1. The van der Waals surface area contributed by atoms with Gasteiger partial charge in [-0.1, -0.05) is 194 Å². The Bertz CT molecular complexity index is 1930. The van der Waals surface area contributed by atoms with E-state index in [9.17, 15) is 19.8 Å². The summed E-state index contributed by atoms with van der Waals surface area (Å²) in [6.07, 6.45) is 10.8. The van der Waals surface area contributed by atoms with E-state index in [1.807, 2.05) is 0 Å². The van der Waals surface area contributed by atoms with E-state index < -0.39 is 39.2 Å². The minimum atomic E-state index is -2.03. The zero-order valence-electron chi connectivity index (χ0n) is 31.7. The molecule has 2 atom stereocenters. The van der Waals surface area contributed by atoms with E-state index in [-0.39, 0.29) is 19.5 Å². The number of carboxylic acids is 2. The molecule has 8 nitrogen and oxygen atoms in total. The number of hydrogen-bond donors (Lipinski definition) is 4. The first kappa shape index (κ1) is 45.9. The van der Waals surface area contributed by atoms with Crippen molar-refractivity contribution in [3.8, 4) is 0 Å². The van der Waals surface area contributed by atoms with Crippen LogP contribution >= 0.6 is 15.8 Å². The zero-order chi connectivity index (χ0) is 41.1. The molecule has 2 heterocycles. The third-order valence-electron chi connectivity index (χ3n) is 8.41. The number of carbonyl (C=O) groups is 2. The van der Waals surface area contributed by atoms with Crippen LogP contribution in [-0.2, 0) is 29.1 Å². The number of aliphatic carboxylic acids is 2. The summed E-state index contributed by atoms with van der Waals surface area (Å²) in [7, 11) is -0.892. The molecule has 0 amide bonds. The fraction of sp³-hybridized carbons (Fsp3) is 0.0417. The summed E-state index contributed by atoms with van der Waals surface area (Å²) < 4.78 is 0. The summed E-state index contributed by atoms with van der Waals surface area (Å²) in [5.41, 5.74) is -4.07. The van der Waals surface area contributed by atoms with Crippen molar-refractivity contribution in [2.75, 3.05) is 0 Å². The van der Waals surface area contributed by atoms with Crippen molar-refractivity contribution in [2.45, 2.75) is 11.4 Å². The number of hydrogen-bond acceptors (Lipinski definition) is 8. The van der Waals surface area contributed by atoms with Crippen molar-refractivity contribution >= 4 is 59.6 Å². The molecule has 6 aromatic carbocycles. The number of dihydropyridines is 2. The Morgan fingerprint density at radius 3 is 0.729 bits per heavy atom. The average molecular weight is 906 g/mol. The molecular formula is C48H42N2O6P2Ru. The summed E-state index contributed by atoms with van der Waals surface area (Å²) >= 11 is 0. The minimum absolute atomic E-state index is 0. The summed E-state index contributed by atoms with van der Waals surface area (Å²) in [5.74, 6) is -3.12. The molecule has 6 aromatic rings. The maximum absolute atomic E-state index is 10.2. The van der Waals surface area contributed by atoms with Gasteiger partial charge < -0.3 is 40.6 Å². The second-order valence-corrected chi connectivity index (χ2v) is 17.0. The molecule has 298 valence electrons. The van der Waals surface area contributed by atoms with Crippen molar-refractivity contribution in [2.24, 2.45) is 0 Å². The van der Waals surface area contributed by atoms with Crippen molar-refractivity contribution < 1.29 is 49.5 Å². The third kappa shape index (κ3) is 13.7. The number of aliphatic hydroxyl groups is 2. The van der Waals surface area contributed by atoms with E-state index in [0.29, 0.717) is 0 Å². The molecule has 0 aliphatic carbocycles.